The first-order chi connectivity index (χ1) is 9.22. The number of anilines is 1. The molecule has 0 radical (unpaired) electrons. The van der Waals surface area contributed by atoms with Gasteiger partial charge in [0.05, 0.1) is 5.69 Å². The van der Waals surface area contributed by atoms with Crippen molar-refractivity contribution in [1.82, 2.24) is 10.3 Å². The van der Waals surface area contributed by atoms with Gasteiger partial charge in [0.2, 0.25) is 0 Å². The van der Waals surface area contributed by atoms with E-state index in [2.05, 4.69) is 48.2 Å². The Kier molecular flexibility index (Phi) is 5.20. The van der Waals surface area contributed by atoms with E-state index in [4.69, 9.17) is 0 Å². The predicted molar refractivity (Wildman–Crippen MR) is 81.4 cm³/mol. The zero-order chi connectivity index (χ0) is 13.7. The Morgan fingerprint density at radius 3 is 2.89 bits per heavy atom. The molecule has 106 valence electrons. The van der Waals surface area contributed by atoms with Gasteiger partial charge in [-0.05, 0) is 37.4 Å². The highest BCUT2D eigenvalue weighted by Gasteiger charge is 2.25. The molecule has 0 spiro atoms. The quantitative estimate of drug-likeness (QED) is 0.882. The van der Waals surface area contributed by atoms with E-state index in [9.17, 15) is 0 Å². The second-order valence-electron chi connectivity index (χ2n) is 5.73. The molecule has 19 heavy (non-hydrogen) atoms. The molecule has 1 aliphatic carbocycles. The summed E-state index contributed by atoms with van der Waals surface area (Å²) in [6.45, 7) is 6.36. The average molecular weight is 261 g/mol. The van der Waals surface area contributed by atoms with Crippen LogP contribution in [0.1, 0.15) is 45.2 Å². The van der Waals surface area contributed by atoms with E-state index >= 15 is 0 Å². The fourth-order valence-corrected chi connectivity index (χ4v) is 3.10. The lowest BCUT2D eigenvalue weighted by Gasteiger charge is -2.37. The van der Waals surface area contributed by atoms with E-state index in [1.807, 2.05) is 6.20 Å². The highest BCUT2D eigenvalue weighted by atomic mass is 15.1. The second kappa shape index (κ2) is 6.90. The number of hydrogen-bond acceptors (Lipinski definition) is 3. The van der Waals surface area contributed by atoms with E-state index in [1.54, 1.807) is 0 Å². The van der Waals surface area contributed by atoms with Crippen molar-refractivity contribution in [3.05, 3.63) is 24.0 Å². The number of pyridine rings is 1. The van der Waals surface area contributed by atoms with Crippen LogP contribution in [0.25, 0.3) is 0 Å². The average Bonchev–Trinajstić information content (AvgIpc) is 2.45. The summed E-state index contributed by atoms with van der Waals surface area (Å²) >= 11 is 0. The summed E-state index contributed by atoms with van der Waals surface area (Å²) < 4.78 is 0. The summed E-state index contributed by atoms with van der Waals surface area (Å²) in [6, 6.07) is 5.05. The number of aromatic nitrogens is 1. The van der Waals surface area contributed by atoms with Crippen molar-refractivity contribution in [2.75, 3.05) is 18.5 Å². The van der Waals surface area contributed by atoms with Gasteiger partial charge in [-0.2, -0.15) is 0 Å². The van der Waals surface area contributed by atoms with Crippen molar-refractivity contribution in [2.24, 2.45) is 5.92 Å². The molecule has 3 heteroatoms. The molecule has 0 saturated heterocycles. The number of hydrogen-bond donors (Lipinski definition) is 1. The summed E-state index contributed by atoms with van der Waals surface area (Å²) in [6.07, 6.45) is 7.39. The van der Waals surface area contributed by atoms with Gasteiger partial charge in [-0.1, -0.05) is 26.7 Å². The van der Waals surface area contributed by atoms with Crippen molar-refractivity contribution < 1.29 is 0 Å². The van der Waals surface area contributed by atoms with Crippen LogP contribution < -0.4 is 10.2 Å². The highest BCUT2D eigenvalue weighted by Crippen LogP contribution is 2.30. The minimum atomic E-state index is 0.683. The SMILES string of the molecule is CCNCc1cc(N(C)C2CCCCC2C)ccn1. The summed E-state index contributed by atoms with van der Waals surface area (Å²) in [7, 11) is 2.23. The number of nitrogens with one attached hydrogen (secondary N) is 1. The third-order valence-corrected chi connectivity index (χ3v) is 4.33. The van der Waals surface area contributed by atoms with Crippen LogP contribution in [0.2, 0.25) is 0 Å². The van der Waals surface area contributed by atoms with E-state index in [-0.39, 0.29) is 0 Å². The highest BCUT2D eigenvalue weighted by molar-refractivity contribution is 5.47. The van der Waals surface area contributed by atoms with Crippen molar-refractivity contribution >= 4 is 5.69 Å². The van der Waals surface area contributed by atoms with Crippen LogP contribution in [0, 0.1) is 5.92 Å². The molecule has 2 unspecified atom stereocenters. The summed E-state index contributed by atoms with van der Waals surface area (Å²) in [4.78, 5) is 6.89. The van der Waals surface area contributed by atoms with Crippen LogP contribution in [-0.2, 0) is 6.54 Å². The first-order valence-corrected chi connectivity index (χ1v) is 7.61. The van der Waals surface area contributed by atoms with Crippen LogP contribution in [0.3, 0.4) is 0 Å². The van der Waals surface area contributed by atoms with Gasteiger partial charge in [-0.3, -0.25) is 4.98 Å². The normalized spacial score (nSPS) is 23.3. The molecule has 1 N–H and O–H groups in total. The van der Waals surface area contributed by atoms with Gasteiger partial charge in [0.25, 0.3) is 0 Å². The van der Waals surface area contributed by atoms with Crippen LogP contribution in [0.4, 0.5) is 5.69 Å². The smallest absolute Gasteiger partial charge is 0.0562 e. The van der Waals surface area contributed by atoms with E-state index < -0.39 is 0 Å². The Morgan fingerprint density at radius 2 is 2.16 bits per heavy atom. The molecule has 1 fully saturated rings. The molecule has 2 rings (SSSR count). The van der Waals surface area contributed by atoms with Crippen LogP contribution >= 0.6 is 0 Å². The Morgan fingerprint density at radius 1 is 1.37 bits per heavy atom. The zero-order valence-corrected chi connectivity index (χ0v) is 12.5. The molecular weight excluding hydrogens is 234 g/mol. The van der Waals surface area contributed by atoms with Gasteiger partial charge in [-0.25, -0.2) is 0 Å². The number of nitrogens with zero attached hydrogens (tertiary/aromatic N) is 2. The molecule has 1 aromatic heterocycles. The van der Waals surface area contributed by atoms with E-state index in [0.717, 1.165) is 24.7 Å². The molecule has 1 heterocycles. The Balaban J connectivity index is 2.07. The molecule has 0 aromatic carbocycles. The lowest BCUT2D eigenvalue weighted by Crippen LogP contribution is -2.39. The van der Waals surface area contributed by atoms with Crippen molar-refractivity contribution in [3.63, 3.8) is 0 Å². The Bertz CT molecular complexity index is 391. The summed E-state index contributed by atoms with van der Waals surface area (Å²) in [5, 5.41) is 3.34. The minimum Gasteiger partial charge on any atom is -0.371 e. The lowest BCUT2D eigenvalue weighted by molar-refractivity contribution is 0.321. The number of rotatable bonds is 5. The van der Waals surface area contributed by atoms with E-state index in [0.29, 0.717) is 6.04 Å². The summed E-state index contributed by atoms with van der Waals surface area (Å²) in [5.74, 6) is 0.795. The van der Waals surface area contributed by atoms with Crippen molar-refractivity contribution in [2.45, 2.75) is 52.1 Å². The molecule has 0 bridgehead atoms. The van der Waals surface area contributed by atoms with Crippen LogP contribution in [-0.4, -0.2) is 24.6 Å². The molecular formula is C16H27N3. The summed E-state index contributed by atoms with van der Waals surface area (Å²) in [5.41, 5.74) is 2.44. The van der Waals surface area contributed by atoms with Crippen molar-refractivity contribution in [1.29, 1.82) is 0 Å². The fraction of sp³-hybridized carbons (Fsp3) is 0.688. The maximum Gasteiger partial charge on any atom is 0.0562 e. The van der Waals surface area contributed by atoms with Gasteiger partial charge in [0.1, 0.15) is 0 Å². The fourth-order valence-electron chi connectivity index (χ4n) is 3.10. The zero-order valence-electron chi connectivity index (χ0n) is 12.5. The predicted octanol–water partition coefficient (Wildman–Crippen LogP) is 3.21. The van der Waals surface area contributed by atoms with Gasteiger partial charge < -0.3 is 10.2 Å². The molecule has 0 aliphatic heterocycles. The lowest BCUT2D eigenvalue weighted by atomic mass is 9.85. The molecule has 1 saturated carbocycles. The van der Waals surface area contributed by atoms with Crippen LogP contribution in [0.15, 0.2) is 18.3 Å². The maximum atomic E-state index is 4.43. The molecule has 1 aliphatic rings. The minimum absolute atomic E-state index is 0.683. The molecule has 1 aromatic rings. The molecule has 0 amide bonds. The molecule has 2 atom stereocenters. The van der Waals surface area contributed by atoms with Gasteiger partial charge in [0, 0.05) is 31.5 Å². The first-order valence-electron chi connectivity index (χ1n) is 7.61. The van der Waals surface area contributed by atoms with Gasteiger partial charge >= 0.3 is 0 Å². The maximum absolute atomic E-state index is 4.43. The van der Waals surface area contributed by atoms with Gasteiger partial charge in [0.15, 0.2) is 0 Å². The van der Waals surface area contributed by atoms with E-state index in [1.165, 1.54) is 31.4 Å². The van der Waals surface area contributed by atoms with Gasteiger partial charge in [-0.15, -0.1) is 0 Å². The third kappa shape index (κ3) is 3.69. The topological polar surface area (TPSA) is 28.2 Å². The van der Waals surface area contributed by atoms with Crippen molar-refractivity contribution in [3.8, 4) is 0 Å². The largest absolute Gasteiger partial charge is 0.371 e. The Labute approximate surface area is 117 Å². The molecule has 3 nitrogen and oxygen atoms in total. The monoisotopic (exact) mass is 261 g/mol. The Hall–Kier alpha value is -1.09. The van der Waals surface area contributed by atoms with Crippen LogP contribution in [0.5, 0.6) is 0 Å². The standard InChI is InChI=1S/C16H27N3/c1-4-17-12-14-11-15(9-10-18-14)19(3)16-8-6-5-7-13(16)2/h9-11,13,16-17H,4-8,12H2,1-3H3. The second-order valence-corrected chi connectivity index (χ2v) is 5.73. The first kappa shape index (κ1) is 14.3. The third-order valence-electron chi connectivity index (χ3n) is 4.33.